The van der Waals surface area contributed by atoms with E-state index in [0.29, 0.717) is 16.8 Å². The second-order valence-electron chi connectivity index (χ2n) is 5.66. The summed E-state index contributed by atoms with van der Waals surface area (Å²) in [5.74, 6) is 2.09. The summed E-state index contributed by atoms with van der Waals surface area (Å²) >= 11 is 5.79. The molecule has 5 heteroatoms. The van der Waals surface area contributed by atoms with Gasteiger partial charge in [-0.05, 0) is 62.0 Å². The number of rotatable bonds is 4. The van der Waals surface area contributed by atoms with Crippen molar-refractivity contribution in [2.24, 2.45) is 11.8 Å². The van der Waals surface area contributed by atoms with E-state index in [1.165, 1.54) is 0 Å². The molecule has 2 unspecified atom stereocenters. The zero-order chi connectivity index (χ0) is 13.9. The van der Waals surface area contributed by atoms with Gasteiger partial charge >= 0.3 is 0 Å². The van der Waals surface area contributed by atoms with Crippen molar-refractivity contribution < 1.29 is 9.53 Å². The van der Waals surface area contributed by atoms with Gasteiger partial charge in [0.25, 0.3) is 5.91 Å². The van der Waals surface area contributed by atoms with Crippen LogP contribution in [-0.4, -0.2) is 31.6 Å². The molecular formula is C15H19ClN2O2. The largest absolute Gasteiger partial charge is 0.484 e. The van der Waals surface area contributed by atoms with Gasteiger partial charge in [0.15, 0.2) is 6.61 Å². The summed E-state index contributed by atoms with van der Waals surface area (Å²) in [4.78, 5) is 11.9. The molecule has 0 radical (unpaired) electrons. The second kappa shape index (κ2) is 6.02. The van der Waals surface area contributed by atoms with E-state index in [9.17, 15) is 4.79 Å². The lowest BCUT2D eigenvalue weighted by molar-refractivity contribution is -0.123. The summed E-state index contributed by atoms with van der Waals surface area (Å²) in [6.07, 6.45) is 2.18. The minimum atomic E-state index is -0.0436. The minimum absolute atomic E-state index is 0.0436. The van der Waals surface area contributed by atoms with Gasteiger partial charge in [-0.1, -0.05) is 11.6 Å². The molecular weight excluding hydrogens is 276 g/mol. The van der Waals surface area contributed by atoms with Crippen molar-refractivity contribution in [2.75, 3.05) is 19.7 Å². The number of nitrogens with one attached hydrogen (secondary N) is 2. The summed E-state index contributed by atoms with van der Waals surface area (Å²) in [5, 5.41) is 7.13. The van der Waals surface area contributed by atoms with Crippen molar-refractivity contribution in [2.45, 2.75) is 18.9 Å². The zero-order valence-electron chi connectivity index (χ0n) is 11.3. The van der Waals surface area contributed by atoms with Crippen molar-refractivity contribution in [1.29, 1.82) is 0 Å². The molecule has 2 aliphatic rings. The number of hydrogen-bond acceptors (Lipinski definition) is 3. The first kappa shape index (κ1) is 13.7. The molecule has 1 aliphatic heterocycles. The molecule has 1 aromatic rings. The highest BCUT2D eigenvalue weighted by Gasteiger charge is 2.37. The fourth-order valence-electron chi connectivity index (χ4n) is 3.23. The number of ether oxygens (including phenoxy) is 1. The van der Waals surface area contributed by atoms with E-state index in [-0.39, 0.29) is 12.5 Å². The minimum Gasteiger partial charge on any atom is -0.484 e. The van der Waals surface area contributed by atoms with Crippen molar-refractivity contribution in [3.05, 3.63) is 29.3 Å². The van der Waals surface area contributed by atoms with E-state index >= 15 is 0 Å². The number of halogens is 1. The van der Waals surface area contributed by atoms with Gasteiger partial charge in [0.1, 0.15) is 5.75 Å². The first-order valence-electron chi connectivity index (χ1n) is 7.09. The Bertz CT molecular complexity index is 465. The smallest absolute Gasteiger partial charge is 0.258 e. The molecule has 1 heterocycles. The molecule has 1 aliphatic carbocycles. The standard InChI is InChI=1S/C15H19ClN2O2/c16-12-1-3-14(4-2-12)20-9-15(19)18-13-5-10-7-17-8-11(10)6-13/h1-4,10-11,13,17H,5-9H2,(H,18,19). The van der Waals surface area contributed by atoms with E-state index in [0.717, 1.165) is 37.8 Å². The van der Waals surface area contributed by atoms with Crippen LogP contribution >= 0.6 is 11.6 Å². The van der Waals surface area contributed by atoms with Crippen molar-refractivity contribution in [3.63, 3.8) is 0 Å². The molecule has 2 N–H and O–H groups in total. The first-order valence-corrected chi connectivity index (χ1v) is 7.47. The lowest BCUT2D eigenvalue weighted by Gasteiger charge is -2.14. The molecule has 2 fully saturated rings. The topological polar surface area (TPSA) is 50.4 Å². The van der Waals surface area contributed by atoms with Crippen LogP contribution < -0.4 is 15.4 Å². The molecule has 1 saturated heterocycles. The van der Waals surface area contributed by atoms with Crippen LogP contribution in [0.3, 0.4) is 0 Å². The Labute approximate surface area is 123 Å². The van der Waals surface area contributed by atoms with Crippen molar-refractivity contribution in [1.82, 2.24) is 10.6 Å². The predicted molar refractivity (Wildman–Crippen MR) is 78.0 cm³/mol. The predicted octanol–water partition coefficient (Wildman–Crippen LogP) is 1.83. The van der Waals surface area contributed by atoms with Crippen LogP contribution in [0.15, 0.2) is 24.3 Å². The maximum Gasteiger partial charge on any atom is 0.258 e. The molecule has 0 bridgehead atoms. The van der Waals surface area contributed by atoms with E-state index in [1.807, 2.05) is 0 Å². The Morgan fingerprint density at radius 1 is 1.25 bits per heavy atom. The first-order chi connectivity index (χ1) is 9.70. The molecule has 2 atom stereocenters. The molecule has 1 amide bonds. The Morgan fingerprint density at radius 3 is 2.55 bits per heavy atom. The van der Waals surface area contributed by atoms with Gasteiger partial charge in [-0.3, -0.25) is 4.79 Å². The molecule has 1 saturated carbocycles. The monoisotopic (exact) mass is 294 g/mol. The molecule has 0 spiro atoms. The normalized spacial score (nSPS) is 28.1. The molecule has 20 heavy (non-hydrogen) atoms. The summed E-state index contributed by atoms with van der Waals surface area (Å²) in [7, 11) is 0. The molecule has 4 nitrogen and oxygen atoms in total. The second-order valence-corrected chi connectivity index (χ2v) is 6.09. The van der Waals surface area contributed by atoms with Gasteiger partial charge in [-0.2, -0.15) is 0 Å². The maximum atomic E-state index is 11.9. The number of carbonyl (C=O) groups excluding carboxylic acids is 1. The van der Waals surface area contributed by atoms with Crippen LogP contribution in [0.4, 0.5) is 0 Å². The highest BCUT2D eigenvalue weighted by Crippen LogP contribution is 2.34. The summed E-state index contributed by atoms with van der Waals surface area (Å²) in [5.41, 5.74) is 0. The summed E-state index contributed by atoms with van der Waals surface area (Å²) in [6.45, 7) is 2.25. The van der Waals surface area contributed by atoms with Crippen LogP contribution in [0, 0.1) is 11.8 Å². The Kier molecular flexibility index (Phi) is 4.13. The van der Waals surface area contributed by atoms with Gasteiger partial charge < -0.3 is 15.4 Å². The fourth-order valence-corrected chi connectivity index (χ4v) is 3.36. The quantitative estimate of drug-likeness (QED) is 0.891. The van der Waals surface area contributed by atoms with Gasteiger partial charge in [-0.25, -0.2) is 0 Å². The van der Waals surface area contributed by atoms with Gasteiger partial charge in [-0.15, -0.1) is 0 Å². The van der Waals surface area contributed by atoms with Crippen LogP contribution in [0.1, 0.15) is 12.8 Å². The van der Waals surface area contributed by atoms with E-state index in [2.05, 4.69) is 10.6 Å². The molecule has 0 aromatic heterocycles. The summed E-state index contributed by atoms with van der Waals surface area (Å²) in [6, 6.07) is 7.34. The Balaban J connectivity index is 1.42. The molecule has 3 rings (SSSR count). The van der Waals surface area contributed by atoms with Gasteiger partial charge in [0.05, 0.1) is 0 Å². The zero-order valence-corrected chi connectivity index (χ0v) is 12.0. The SMILES string of the molecule is O=C(COc1ccc(Cl)cc1)NC1CC2CNCC2C1. The van der Waals surface area contributed by atoms with Crippen LogP contribution in [0.2, 0.25) is 5.02 Å². The average molecular weight is 295 g/mol. The molecule has 108 valence electrons. The molecule has 1 aromatic carbocycles. The maximum absolute atomic E-state index is 11.9. The number of hydrogen-bond donors (Lipinski definition) is 2. The fraction of sp³-hybridized carbons (Fsp3) is 0.533. The van der Waals surface area contributed by atoms with Crippen molar-refractivity contribution in [3.8, 4) is 5.75 Å². The number of carbonyl (C=O) groups is 1. The Hall–Kier alpha value is -1.26. The van der Waals surface area contributed by atoms with Crippen LogP contribution in [-0.2, 0) is 4.79 Å². The summed E-state index contributed by atoms with van der Waals surface area (Å²) < 4.78 is 5.44. The third-order valence-electron chi connectivity index (χ3n) is 4.20. The highest BCUT2D eigenvalue weighted by molar-refractivity contribution is 6.30. The number of fused-ring (bicyclic) bond motifs is 1. The van der Waals surface area contributed by atoms with Gasteiger partial charge in [0, 0.05) is 11.1 Å². The Morgan fingerprint density at radius 2 is 1.90 bits per heavy atom. The van der Waals surface area contributed by atoms with Gasteiger partial charge in [0.2, 0.25) is 0 Å². The number of benzene rings is 1. The third kappa shape index (κ3) is 3.25. The van der Waals surface area contributed by atoms with Crippen LogP contribution in [0.25, 0.3) is 0 Å². The number of amides is 1. The van der Waals surface area contributed by atoms with E-state index < -0.39 is 0 Å². The highest BCUT2D eigenvalue weighted by atomic mass is 35.5. The lowest BCUT2D eigenvalue weighted by atomic mass is 10.0. The van der Waals surface area contributed by atoms with Crippen molar-refractivity contribution >= 4 is 17.5 Å². The third-order valence-corrected chi connectivity index (χ3v) is 4.45. The average Bonchev–Trinajstić information content (AvgIpc) is 2.99. The lowest BCUT2D eigenvalue weighted by Crippen LogP contribution is -2.37. The van der Waals surface area contributed by atoms with E-state index in [4.69, 9.17) is 16.3 Å². The van der Waals surface area contributed by atoms with Crippen LogP contribution in [0.5, 0.6) is 5.75 Å². The van der Waals surface area contributed by atoms with E-state index in [1.54, 1.807) is 24.3 Å².